The molecule has 7 heteroatoms. The van der Waals surface area contributed by atoms with Gasteiger partial charge in [0.15, 0.2) is 0 Å². The molecule has 2 aromatic rings. The Balaban J connectivity index is 2.49. The summed E-state index contributed by atoms with van der Waals surface area (Å²) in [5.74, 6) is -0.730. The molecule has 0 unspecified atom stereocenters. The van der Waals surface area contributed by atoms with Crippen LogP contribution in [-0.4, -0.2) is 10.0 Å². The maximum Gasteiger partial charge on any atom is 0.313 e. The van der Waals surface area contributed by atoms with E-state index in [1.54, 1.807) is 0 Å². The number of ether oxygens (including phenoxy) is 1. The molecule has 2 rings (SSSR count). The number of nitro groups is 1. The summed E-state index contributed by atoms with van der Waals surface area (Å²) in [7, 11) is 0. The number of nitrogens with zero attached hydrogens (tertiary/aromatic N) is 1. The Kier molecular flexibility index (Phi) is 4.40. The minimum absolute atomic E-state index is 0.00965. The number of benzene rings is 2. The van der Waals surface area contributed by atoms with Crippen LogP contribution >= 0.6 is 11.6 Å². The van der Waals surface area contributed by atoms with Gasteiger partial charge in [-0.1, -0.05) is 17.7 Å². The largest absolute Gasteiger partial charge is 0.450 e. The molecule has 1 atom stereocenters. The van der Waals surface area contributed by atoms with E-state index in [1.807, 2.05) is 0 Å². The Labute approximate surface area is 124 Å². The summed E-state index contributed by atoms with van der Waals surface area (Å²) in [6, 6.07) is 7.85. The van der Waals surface area contributed by atoms with Gasteiger partial charge < -0.3 is 9.84 Å². The van der Waals surface area contributed by atoms with Crippen LogP contribution in [-0.2, 0) is 0 Å². The molecule has 0 aliphatic carbocycles. The predicted octanol–water partition coefficient (Wildman–Crippen LogP) is 4.23. The van der Waals surface area contributed by atoms with Crippen molar-refractivity contribution in [3.63, 3.8) is 0 Å². The van der Waals surface area contributed by atoms with Crippen LogP contribution in [0.15, 0.2) is 36.4 Å². The normalized spacial score (nSPS) is 12.0. The summed E-state index contributed by atoms with van der Waals surface area (Å²) >= 11 is 5.71. The number of rotatable bonds is 4. The molecule has 2 aromatic carbocycles. The van der Waals surface area contributed by atoms with Crippen LogP contribution in [0, 0.1) is 15.9 Å². The summed E-state index contributed by atoms with van der Waals surface area (Å²) in [6.45, 7) is 1.38. The van der Waals surface area contributed by atoms with Crippen LogP contribution in [0.1, 0.15) is 18.6 Å². The molecule has 0 saturated carbocycles. The van der Waals surface area contributed by atoms with Crippen molar-refractivity contribution < 1.29 is 19.2 Å². The smallest absolute Gasteiger partial charge is 0.313 e. The van der Waals surface area contributed by atoms with Crippen molar-refractivity contribution in [2.45, 2.75) is 13.0 Å². The molecule has 0 aliphatic rings. The van der Waals surface area contributed by atoms with Gasteiger partial charge in [0.1, 0.15) is 11.6 Å². The average molecular weight is 312 g/mol. The highest BCUT2D eigenvalue weighted by Gasteiger charge is 2.20. The van der Waals surface area contributed by atoms with Gasteiger partial charge in [0, 0.05) is 11.1 Å². The molecule has 0 amide bonds. The van der Waals surface area contributed by atoms with Crippen molar-refractivity contribution in [2.75, 3.05) is 0 Å². The van der Waals surface area contributed by atoms with Crippen molar-refractivity contribution >= 4 is 17.3 Å². The fourth-order valence-electron chi connectivity index (χ4n) is 1.85. The second-order valence-electron chi connectivity index (χ2n) is 4.30. The zero-order chi connectivity index (χ0) is 15.6. The maximum atomic E-state index is 13.7. The fourth-order valence-corrected chi connectivity index (χ4v) is 2.02. The Morgan fingerprint density at radius 1 is 1.33 bits per heavy atom. The topological polar surface area (TPSA) is 72.6 Å². The summed E-state index contributed by atoms with van der Waals surface area (Å²) < 4.78 is 19.1. The van der Waals surface area contributed by atoms with Crippen molar-refractivity contribution in [1.82, 2.24) is 0 Å². The third-order valence-corrected chi connectivity index (χ3v) is 3.00. The van der Waals surface area contributed by atoms with Crippen molar-refractivity contribution in [2.24, 2.45) is 0 Å². The molecule has 1 N–H and O–H groups in total. The van der Waals surface area contributed by atoms with Crippen molar-refractivity contribution in [3.8, 4) is 11.5 Å². The van der Waals surface area contributed by atoms with E-state index < -0.39 is 16.8 Å². The maximum absolute atomic E-state index is 13.7. The van der Waals surface area contributed by atoms with E-state index >= 15 is 0 Å². The van der Waals surface area contributed by atoms with Crippen molar-refractivity contribution in [3.05, 3.63) is 62.9 Å². The minimum atomic E-state index is -1.12. The fraction of sp³-hybridized carbons (Fsp3) is 0.143. The molecule has 0 aromatic heterocycles. The lowest BCUT2D eigenvalue weighted by Crippen LogP contribution is -2.01. The first kappa shape index (κ1) is 15.2. The molecule has 110 valence electrons. The number of nitro benzene ring substituents is 1. The summed E-state index contributed by atoms with van der Waals surface area (Å²) in [4.78, 5) is 10.3. The van der Waals surface area contributed by atoms with Gasteiger partial charge in [-0.05, 0) is 31.2 Å². The number of aliphatic hydroxyl groups is 1. The lowest BCUT2D eigenvalue weighted by Gasteiger charge is -2.14. The molecule has 0 bridgehead atoms. The number of halogens is 2. The molecule has 0 saturated heterocycles. The van der Waals surface area contributed by atoms with Crippen LogP contribution in [0.3, 0.4) is 0 Å². The molecule has 21 heavy (non-hydrogen) atoms. The van der Waals surface area contributed by atoms with Crippen LogP contribution in [0.4, 0.5) is 10.1 Å². The molecule has 5 nitrogen and oxygen atoms in total. The van der Waals surface area contributed by atoms with E-state index in [0.717, 1.165) is 6.07 Å². The first-order valence-electron chi connectivity index (χ1n) is 5.98. The standard InChI is InChI=1S/C14H11ClFNO4/c1-8(18)14-10(16)3-2-4-13(14)21-12-6-5-9(15)7-11(12)17(19)20/h2-8,18H,1H3/t8-/m1/s1. The average Bonchev–Trinajstić information content (AvgIpc) is 2.40. The van der Waals surface area contributed by atoms with Crippen LogP contribution in [0.5, 0.6) is 11.5 Å². The van der Waals surface area contributed by atoms with Gasteiger partial charge in [0.2, 0.25) is 5.75 Å². The van der Waals surface area contributed by atoms with E-state index in [2.05, 4.69) is 0 Å². The van der Waals surface area contributed by atoms with Crippen LogP contribution < -0.4 is 4.74 Å². The summed E-state index contributed by atoms with van der Waals surface area (Å²) in [5, 5.41) is 20.8. The number of hydrogen-bond donors (Lipinski definition) is 1. The minimum Gasteiger partial charge on any atom is -0.450 e. The Morgan fingerprint density at radius 3 is 2.67 bits per heavy atom. The van der Waals surface area contributed by atoms with Gasteiger partial charge in [-0.2, -0.15) is 0 Å². The second-order valence-corrected chi connectivity index (χ2v) is 4.74. The zero-order valence-corrected chi connectivity index (χ0v) is 11.7. The molecular weight excluding hydrogens is 301 g/mol. The first-order chi connectivity index (χ1) is 9.90. The van der Waals surface area contributed by atoms with E-state index in [-0.39, 0.29) is 27.8 Å². The number of hydrogen-bond acceptors (Lipinski definition) is 4. The monoisotopic (exact) mass is 311 g/mol. The van der Waals surface area contributed by atoms with Gasteiger partial charge in [0.25, 0.3) is 0 Å². The Morgan fingerprint density at radius 2 is 2.05 bits per heavy atom. The molecular formula is C14H11ClFNO4. The molecule has 0 fully saturated rings. The quantitative estimate of drug-likeness (QED) is 0.677. The molecule has 0 spiro atoms. The van der Waals surface area contributed by atoms with Crippen LogP contribution in [0.25, 0.3) is 0 Å². The highest BCUT2D eigenvalue weighted by Crippen LogP contribution is 2.37. The van der Waals surface area contributed by atoms with Crippen LogP contribution in [0.2, 0.25) is 5.02 Å². The van der Waals surface area contributed by atoms with Gasteiger partial charge >= 0.3 is 5.69 Å². The van der Waals surface area contributed by atoms with E-state index in [4.69, 9.17) is 16.3 Å². The Bertz CT molecular complexity index is 691. The van der Waals surface area contributed by atoms with Gasteiger partial charge in [-0.3, -0.25) is 10.1 Å². The predicted molar refractivity (Wildman–Crippen MR) is 75.2 cm³/mol. The first-order valence-corrected chi connectivity index (χ1v) is 6.36. The molecule has 0 heterocycles. The van der Waals surface area contributed by atoms with Gasteiger partial charge in [0.05, 0.1) is 16.6 Å². The highest BCUT2D eigenvalue weighted by molar-refractivity contribution is 6.30. The third kappa shape index (κ3) is 3.29. The zero-order valence-electron chi connectivity index (χ0n) is 10.9. The van der Waals surface area contributed by atoms with E-state index in [1.165, 1.54) is 37.3 Å². The Hall–Kier alpha value is -2.18. The third-order valence-electron chi connectivity index (χ3n) is 2.77. The lowest BCUT2D eigenvalue weighted by molar-refractivity contribution is -0.385. The summed E-state index contributed by atoms with van der Waals surface area (Å²) in [5.41, 5.74) is -0.412. The van der Waals surface area contributed by atoms with E-state index in [9.17, 15) is 19.6 Å². The SMILES string of the molecule is C[C@@H](O)c1c(F)cccc1Oc1ccc(Cl)cc1[N+](=O)[O-]. The molecule has 0 aliphatic heterocycles. The second kappa shape index (κ2) is 6.07. The van der Waals surface area contributed by atoms with Crippen molar-refractivity contribution in [1.29, 1.82) is 0 Å². The number of aliphatic hydroxyl groups excluding tert-OH is 1. The van der Waals surface area contributed by atoms with E-state index in [0.29, 0.717) is 0 Å². The summed E-state index contributed by atoms with van der Waals surface area (Å²) in [6.07, 6.45) is -1.12. The molecule has 0 radical (unpaired) electrons. The lowest BCUT2D eigenvalue weighted by atomic mass is 10.1. The van der Waals surface area contributed by atoms with Gasteiger partial charge in [-0.15, -0.1) is 0 Å². The van der Waals surface area contributed by atoms with Gasteiger partial charge in [-0.25, -0.2) is 4.39 Å². The highest BCUT2D eigenvalue weighted by atomic mass is 35.5.